The summed E-state index contributed by atoms with van der Waals surface area (Å²) in [6, 6.07) is 0.399. The Kier molecular flexibility index (Phi) is 7.42. The first-order chi connectivity index (χ1) is 10.1. The first-order valence-corrected chi connectivity index (χ1v) is 8.16. The predicted octanol–water partition coefficient (Wildman–Crippen LogP) is 1.30. The van der Waals surface area contributed by atoms with Crippen LogP contribution in [-0.4, -0.2) is 42.7 Å². The van der Waals surface area contributed by atoms with Crippen LogP contribution >= 0.6 is 12.4 Å². The number of nitrogens with one attached hydrogen (secondary N) is 4. The first kappa shape index (κ1) is 19.0. The van der Waals surface area contributed by atoms with Crippen LogP contribution in [0.3, 0.4) is 0 Å². The molecule has 1 aliphatic heterocycles. The van der Waals surface area contributed by atoms with E-state index in [-0.39, 0.29) is 30.4 Å². The van der Waals surface area contributed by atoms with E-state index in [0.717, 1.165) is 45.1 Å². The van der Waals surface area contributed by atoms with E-state index in [4.69, 9.17) is 0 Å². The normalized spacial score (nSPS) is 26.6. The monoisotopic (exact) mass is 332 g/mol. The summed E-state index contributed by atoms with van der Waals surface area (Å²) < 4.78 is 0. The lowest BCUT2D eigenvalue weighted by atomic mass is 9.94. The summed E-state index contributed by atoms with van der Waals surface area (Å²) in [5, 5.41) is 12.2. The van der Waals surface area contributed by atoms with Gasteiger partial charge >= 0.3 is 6.03 Å². The molecule has 1 aliphatic carbocycles. The van der Waals surface area contributed by atoms with E-state index in [1.54, 1.807) is 0 Å². The van der Waals surface area contributed by atoms with Gasteiger partial charge in [-0.2, -0.15) is 0 Å². The van der Waals surface area contributed by atoms with Crippen molar-refractivity contribution < 1.29 is 9.59 Å². The lowest BCUT2D eigenvalue weighted by Gasteiger charge is -2.34. The van der Waals surface area contributed by atoms with Crippen LogP contribution in [0.25, 0.3) is 0 Å². The van der Waals surface area contributed by atoms with E-state index < -0.39 is 5.54 Å². The number of carbonyl (C=O) groups is 2. The molecule has 128 valence electrons. The third kappa shape index (κ3) is 4.74. The van der Waals surface area contributed by atoms with Gasteiger partial charge in [0.15, 0.2) is 0 Å². The van der Waals surface area contributed by atoms with E-state index in [1.807, 2.05) is 6.92 Å². The maximum Gasteiger partial charge on any atom is 0.315 e. The van der Waals surface area contributed by atoms with E-state index >= 15 is 0 Å². The number of hydrogen-bond donors (Lipinski definition) is 4. The zero-order valence-electron chi connectivity index (χ0n) is 13.5. The number of amides is 3. The topological polar surface area (TPSA) is 82.3 Å². The molecule has 2 aliphatic rings. The lowest BCUT2D eigenvalue weighted by Crippen LogP contribution is -2.61. The summed E-state index contributed by atoms with van der Waals surface area (Å²) in [6.45, 7) is 5.51. The van der Waals surface area contributed by atoms with Crippen molar-refractivity contribution in [3.05, 3.63) is 0 Å². The first-order valence-electron chi connectivity index (χ1n) is 8.16. The van der Waals surface area contributed by atoms with Crippen LogP contribution in [-0.2, 0) is 4.79 Å². The fourth-order valence-corrected chi connectivity index (χ4v) is 3.40. The maximum absolute atomic E-state index is 12.7. The minimum absolute atomic E-state index is 0. The Morgan fingerprint density at radius 2 is 1.95 bits per heavy atom. The van der Waals surface area contributed by atoms with Crippen molar-refractivity contribution in [2.45, 2.75) is 70.0 Å². The maximum atomic E-state index is 12.7. The van der Waals surface area contributed by atoms with Crippen molar-refractivity contribution in [1.82, 2.24) is 21.3 Å². The second kappa shape index (κ2) is 8.58. The van der Waals surface area contributed by atoms with Crippen LogP contribution in [0.15, 0.2) is 0 Å². The van der Waals surface area contributed by atoms with Gasteiger partial charge in [-0.15, -0.1) is 12.4 Å². The zero-order chi connectivity index (χ0) is 15.3. The van der Waals surface area contributed by atoms with E-state index in [0.29, 0.717) is 12.6 Å². The largest absolute Gasteiger partial charge is 0.351 e. The molecule has 1 saturated heterocycles. The Bertz CT molecular complexity index is 386. The molecule has 0 radical (unpaired) electrons. The Hall–Kier alpha value is -1.01. The highest BCUT2D eigenvalue weighted by atomic mass is 35.5. The van der Waals surface area contributed by atoms with Gasteiger partial charge in [-0.05, 0) is 46.1 Å². The summed E-state index contributed by atoms with van der Waals surface area (Å²) in [5.74, 6) is -0.00893. The van der Waals surface area contributed by atoms with Crippen LogP contribution in [0.5, 0.6) is 0 Å². The van der Waals surface area contributed by atoms with Crippen molar-refractivity contribution in [2.75, 3.05) is 13.1 Å². The zero-order valence-corrected chi connectivity index (χ0v) is 14.4. The lowest BCUT2D eigenvalue weighted by molar-refractivity contribution is -0.128. The summed E-state index contributed by atoms with van der Waals surface area (Å²) in [5.41, 5.74) is -0.715. The molecule has 7 heteroatoms. The Balaban J connectivity index is 0.00000242. The van der Waals surface area contributed by atoms with Crippen molar-refractivity contribution in [1.29, 1.82) is 0 Å². The van der Waals surface area contributed by atoms with Gasteiger partial charge in [-0.1, -0.05) is 12.8 Å². The minimum Gasteiger partial charge on any atom is -0.351 e. The standard InChI is InChI=1S/C15H28N4O2.ClH/c1-3-16-14(21)19-15(7-4-5-8-15)13(20)18-12-6-9-17-11(2)10-12;/h11-12,17H,3-10H2,1-2H3,(H,18,20)(H2,16,19,21);1H. The van der Waals surface area contributed by atoms with E-state index in [9.17, 15) is 9.59 Å². The second-order valence-corrected chi connectivity index (χ2v) is 6.32. The molecule has 22 heavy (non-hydrogen) atoms. The number of carbonyl (C=O) groups excluding carboxylic acids is 2. The molecule has 0 aromatic heterocycles. The number of hydrogen-bond acceptors (Lipinski definition) is 3. The molecule has 4 N–H and O–H groups in total. The SMILES string of the molecule is CCNC(=O)NC1(C(=O)NC2CCNC(C)C2)CCCC1.Cl. The predicted molar refractivity (Wildman–Crippen MR) is 89.3 cm³/mol. The molecule has 2 unspecified atom stereocenters. The molecule has 0 bridgehead atoms. The highest BCUT2D eigenvalue weighted by molar-refractivity contribution is 5.91. The molecule has 3 amide bonds. The van der Waals surface area contributed by atoms with Gasteiger partial charge < -0.3 is 21.3 Å². The van der Waals surface area contributed by atoms with Crippen LogP contribution in [0.2, 0.25) is 0 Å². The molecular formula is C15H29ClN4O2. The third-order valence-corrected chi connectivity index (χ3v) is 4.54. The minimum atomic E-state index is -0.715. The molecule has 6 nitrogen and oxygen atoms in total. The average Bonchev–Trinajstić information content (AvgIpc) is 2.88. The van der Waals surface area contributed by atoms with Crippen molar-refractivity contribution in [3.63, 3.8) is 0 Å². The number of piperidine rings is 1. The molecular weight excluding hydrogens is 304 g/mol. The molecule has 2 atom stereocenters. The smallest absolute Gasteiger partial charge is 0.315 e. The van der Waals surface area contributed by atoms with Crippen LogP contribution in [0, 0.1) is 0 Å². The van der Waals surface area contributed by atoms with Gasteiger partial charge in [0.1, 0.15) is 5.54 Å². The van der Waals surface area contributed by atoms with Gasteiger partial charge in [-0.25, -0.2) is 4.79 Å². The molecule has 0 aromatic carbocycles. The van der Waals surface area contributed by atoms with Crippen LogP contribution in [0.4, 0.5) is 4.79 Å². The highest BCUT2D eigenvalue weighted by Crippen LogP contribution is 2.30. The van der Waals surface area contributed by atoms with Gasteiger partial charge in [0.05, 0.1) is 0 Å². The summed E-state index contributed by atoms with van der Waals surface area (Å²) >= 11 is 0. The Labute approximate surface area is 139 Å². The summed E-state index contributed by atoms with van der Waals surface area (Å²) in [4.78, 5) is 24.5. The van der Waals surface area contributed by atoms with Gasteiger partial charge in [0.25, 0.3) is 0 Å². The van der Waals surface area contributed by atoms with Crippen molar-refractivity contribution >= 4 is 24.3 Å². The number of urea groups is 1. The molecule has 2 fully saturated rings. The van der Waals surface area contributed by atoms with E-state index in [2.05, 4.69) is 28.2 Å². The Morgan fingerprint density at radius 1 is 1.27 bits per heavy atom. The van der Waals surface area contributed by atoms with Crippen molar-refractivity contribution in [3.8, 4) is 0 Å². The fraction of sp³-hybridized carbons (Fsp3) is 0.867. The summed E-state index contributed by atoms with van der Waals surface area (Å²) in [6.07, 6.45) is 5.34. The molecule has 1 saturated carbocycles. The third-order valence-electron chi connectivity index (χ3n) is 4.54. The molecule has 0 aromatic rings. The van der Waals surface area contributed by atoms with Crippen LogP contribution < -0.4 is 21.3 Å². The van der Waals surface area contributed by atoms with Crippen LogP contribution in [0.1, 0.15) is 52.4 Å². The number of rotatable bonds is 4. The number of halogens is 1. The average molecular weight is 333 g/mol. The second-order valence-electron chi connectivity index (χ2n) is 6.32. The van der Waals surface area contributed by atoms with Gasteiger partial charge in [0.2, 0.25) is 5.91 Å². The van der Waals surface area contributed by atoms with Gasteiger partial charge in [-0.3, -0.25) is 4.79 Å². The highest BCUT2D eigenvalue weighted by Gasteiger charge is 2.43. The summed E-state index contributed by atoms with van der Waals surface area (Å²) in [7, 11) is 0. The molecule has 1 heterocycles. The Morgan fingerprint density at radius 3 is 2.55 bits per heavy atom. The quantitative estimate of drug-likeness (QED) is 0.626. The van der Waals surface area contributed by atoms with E-state index in [1.165, 1.54) is 0 Å². The molecule has 0 spiro atoms. The fourth-order valence-electron chi connectivity index (χ4n) is 3.40. The van der Waals surface area contributed by atoms with Gasteiger partial charge in [0, 0.05) is 18.6 Å². The molecule has 2 rings (SSSR count). The van der Waals surface area contributed by atoms with Crippen molar-refractivity contribution in [2.24, 2.45) is 0 Å².